The lowest BCUT2D eigenvalue weighted by Crippen LogP contribution is -2.57. The Kier molecular flexibility index (Phi) is 5.50. The molecule has 2 aliphatic rings. The largest absolute Gasteiger partial charge is 0.487 e. The lowest BCUT2D eigenvalue weighted by atomic mass is 10.1. The molecule has 0 N–H and O–H groups in total. The molecule has 1 aromatic heterocycles. The number of rotatable bonds is 1. The summed E-state index contributed by atoms with van der Waals surface area (Å²) in [5.74, 6) is 0.356. The molecule has 1 amide bonds. The average molecular weight is 499 g/mol. The predicted octanol–water partition coefficient (Wildman–Crippen LogP) is 4.38. The Bertz CT molecular complexity index is 1030. The highest BCUT2D eigenvalue weighted by molar-refractivity contribution is 9.10. The van der Waals surface area contributed by atoms with Crippen LogP contribution >= 0.6 is 27.7 Å². The van der Waals surface area contributed by atoms with Crippen molar-refractivity contribution < 1.29 is 18.7 Å². The fourth-order valence-electron chi connectivity index (χ4n) is 3.77. The number of anilines is 1. The summed E-state index contributed by atoms with van der Waals surface area (Å²) in [7, 11) is 0. The first-order valence-corrected chi connectivity index (χ1v) is 11.7. The molecule has 162 valence electrons. The van der Waals surface area contributed by atoms with E-state index >= 15 is 4.39 Å². The molecule has 30 heavy (non-hydrogen) atoms. The summed E-state index contributed by atoms with van der Waals surface area (Å²) in [6.07, 6.45) is 1.56. The molecule has 1 fully saturated rings. The minimum Gasteiger partial charge on any atom is -0.487 e. The van der Waals surface area contributed by atoms with Crippen LogP contribution in [-0.4, -0.2) is 65.1 Å². The van der Waals surface area contributed by atoms with E-state index in [0.717, 1.165) is 0 Å². The fraction of sp³-hybridized carbons (Fsp3) is 0.550. The first kappa shape index (κ1) is 21.4. The fourth-order valence-corrected chi connectivity index (χ4v) is 4.50. The highest BCUT2D eigenvalue weighted by Gasteiger charge is 2.37. The van der Waals surface area contributed by atoms with Crippen LogP contribution in [0.4, 0.5) is 15.0 Å². The van der Waals surface area contributed by atoms with Crippen LogP contribution in [0.3, 0.4) is 0 Å². The molecule has 4 rings (SSSR count). The first-order chi connectivity index (χ1) is 14.1. The average Bonchev–Trinajstić information content (AvgIpc) is 2.86. The van der Waals surface area contributed by atoms with E-state index in [4.69, 9.17) is 14.5 Å². The third-order valence-electron chi connectivity index (χ3n) is 5.18. The van der Waals surface area contributed by atoms with Crippen LogP contribution in [-0.2, 0) is 4.74 Å². The molecule has 0 spiro atoms. The van der Waals surface area contributed by atoms with Crippen LogP contribution < -0.4 is 9.64 Å². The highest BCUT2D eigenvalue weighted by Crippen LogP contribution is 2.44. The zero-order chi connectivity index (χ0) is 21.8. The molecule has 0 unspecified atom stereocenters. The second-order valence-electron chi connectivity index (χ2n) is 8.42. The van der Waals surface area contributed by atoms with Gasteiger partial charge in [-0.15, -0.1) is 0 Å². The van der Waals surface area contributed by atoms with E-state index in [9.17, 15) is 4.79 Å². The molecule has 0 bridgehead atoms. The summed E-state index contributed by atoms with van der Waals surface area (Å²) in [5.41, 5.74) is 0.811. The number of thioether (sulfide) groups is 1. The number of amides is 1. The number of halogens is 2. The van der Waals surface area contributed by atoms with Crippen molar-refractivity contribution >= 4 is 50.5 Å². The number of piperazine rings is 1. The van der Waals surface area contributed by atoms with Crippen molar-refractivity contribution in [1.82, 2.24) is 14.9 Å². The van der Waals surface area contributed by atoms with Gasteiger partial charge < -0.3 is 19.3 Å². The molecule has 1 aromatic carbocycles. The lowest BCUT2D eigenvalue weighted by molar-refractivity contribution is 0.0201. The van der Waals surface area contributed by atoms with Crippen molar-refractivity contribution in [3.63, 3.8) is 0 Å². The van der Waals surface area contributed by atoms with Gasteiger partial charge in [0.15, 0.2) is 16.7 Å². The maximum absolute atomic E-state index is 15.1. The number of carbonyl (C=O) groups excluding carboxylic acids is 1. The highest BCUT2D eigenvalue weighted by atomic mass is 79.9. The third kappa shape index (κ3) is 3.68. The summed E-state index contributed by atoms with van der Waals surface area (Å²) in [5, 5.41) is 1.19. The van der Waals surface area contributed by atoms with Crippen LogP contribution in [0, 0.1) is 12.7 Å². The van der Waals surface area contributed by atoms with Crippen molar-refractivity contribution in [2.45, 2.75) is 44.5 Å². The van der Waals surface area contributed by atoms with Gasteiger partial charge in [-0.25, -0.2) is 19.2 Å². The van der Waals surface area contributed by atoms with Crippen molar-refractivity contribution in [2.75, 3.05) is 37.4 Å². The monoisotopic (exact) mass is 498 g/mol. The van der Waals surface area contributed by atoms with Gasteiger partial charge in [0.2, 0.25) is 0 Å². The topological polar surface area (TPSA) is 67.8 Å². The zero-order valence-corrected chi connectivity index (χ0v) is 20.0. The normalized spacial score (nSPS) is 18.7. The molecule has 3 heterocycles. The van der Waals surface area contributed by atoms with Crippen molar-refractivity contribution in [1.29, 1.82) is 0 Å². The van der Waals surface area contributed by atoms with Crippen molar-refractivity contribution in [2.24, 2.45) is 0 Å². The van der Waals surface area contributed by atoms with Crippen LogP contribution in [0.15, 0.2) is 9.63 Å². The number of benzene rings is 1. The minimum absolute atomic E-state index is 0.156. The van der Waals surface area contributed by atoms with E-state index in [1.165, 1.54) is 11.8 Å². The van der Waals surface area contributed by atoms with E-state index < -0.39 is 11.4 Å². The van der Waals surface area contributed by atoms with Crippen LogP contribution in [0.25, 0.3) is 10.9 Å². The van der Waals surface area contributed by atoms with Gasteiger partial charge in [-0.2, -0.15) is 0 Å². The molecule has 1 atom stereocenters. The Morgan fingerprint density at radius 2 is 2.07 bits per heavy atom. The van der Waals surface area contributed by atoms with Gasteiger partial charge in [-0.1, -0.05) is 11.8 Å². The van der Waals surface area contributed by atoms with Gasteiger partial charge in [0, 0.05) is 19.6 Å². The predicted molar refractivity (Wildman–Crippen MR) is 118 cm³/mol. The smallest absolute Gasteiger partial charge is 0.410 e. The Morgan fingerprint density at radius 1 is 1.33 bits per heavy atom. The summed E-state index contributed by atoms with van der Waals surface area (Å²) >= 11 is 4.78. The van der Waals surface area contributed by atoms with Crippen LogP contribution in [0.1, 0.15) is 26.3 Å². The molecular weight excluding hydrogens is 475 g/mol. The van der Waals surface area contributed by atoms with Gasteiger partial charge in [0.1, 0.15) is 18.0 Å². The SMILES string of the molecule is CSc1nc2c3c(c(F)c(Br)c(C)c3n1)OC[C@@H]1CN(C(=O)OC(C)(C)C)CCN21. The standard InChI is InChI=1S/C20H24BrFN4O3S/c1-10-13(21)14(22)16-12-15(10)23-18(30-5)24-17(12)26-7-6-25(8-11(26)9-28-16)19(27)29-20(2,3)4/h11H,6-9H2,1-5H3/t11-/m0/s1. The third-order valence-corrected chi connectivity index (χ3v) is 6.67. The van der Waals surface area contributed by atoms with Crippen molar-refractivity contribution in [3.8, 4) is 5.75 Å². The number of fused-ring (bicyclic) bond motifs is 2. The molecule has 1 saturated heterocycles. The molecule has 0 radical (unpaired) electrons. The maximum Gasteiger partial charge on any atom is 0.410 e. The Labute approximate surface area is 187 Å². The number of nitrogens with zero attached hydrogens (tertiary/aromatic N) is 4. The van der Waals surface area contributed by atoms with Gasteiger partial charge >= 0.3 is 6.09 Å². The first-order valence-electron chi connectivity index (χ1n) is 9.71. The molecule has 0 saturated carbocycles. The molecule has 2 aromatic rings. The number of carbonyl (C=O) groups is 1. The Hall–Kier alpha value is -1.81. The number of aryl methyl sites for hydroxylation is 1. The van der Waals surface area contributed by atoms with Gasteiger partial charge in [0.25, 0.3) is 0 Å². The van der Waals surface area contributed by atoms with Gasteiger partial charge in [-0.3, -0.25) is 0 Å². The van der Waals surface area contributed by atoms with E-state index in [1.807, 2.05) is 34.0 Å². The van der Waals surface area contributed by atoms with E-state index in [0.29, 0.717) is 51.5 Å². The maximum atomic E-state index is 15.1. The number of hydrogen-bond donors (Lipinski definition) is 0. The van der Waals surface area contributed by atoms with E-state index in [1.54, 1.807) is 4.90 Å². The lowest BCUT2D eigenvalue weighted by Gasteiger charge is -2.41. The van der Waals surface area contributed by atoms with E-state index in [-0.39, 0.29) is 24.5 Å². The zero-order valence-electron chi connectivity index (χ0n) is 17.6. The van der Waals surface area contributed by atoms with Crippen molar-refractivity contribution in [3.05, 3.63) is 15.9 Å². The summed E-state index contributed by atoms with van der Waals surface area (Å²) < 4.78 is 26.9. The van der Waals surface area contributed by atoms with E-state index in [2.05, 4.69) is 25.8 Å². The second kappa shape index (κ2) is 7.71. The number of ether oxygens (including phenoxy) is 2. The quantitative estimate of drug-likeness (QED) is 0.426. The number of hydrogen-bond acceptors (Lipinski definition) is 7. The van der Waals surface area contributed by atoms with Gasteiger partial charge in [-0.05, 0) is 55.4 Å². The van der Waals surface area contributed by atoms with Gasteiger partial charge in [0.05, 0.1) is 21.4 Å². The van der Waals surface area contributed by atoms with Crippen LogP contribution in [0.2, 0.25) is 0 Å². The molecule has 2 aliphatic heterocycles. The molecule has 7 nitrogen and oxygen atoms in total. The van der Waals surface area contributed by atoms with Crippen LogP contribution in [0.5, 0.6) is 5.75 Å². The Balaban J connectivity index is 1.77. The second-order valence-corrected chi connectivity index (χ2v) is 9.99. The molecule has 0 aliphatic carbocycles. The molecule has 10 heteroatoms. The summed E-state index contributed by atoms with van der Waals surface area (Å²) in [6.45, 7) is 9.03. The number of aromatic nitrogens is 2. The summed E-state index contributed by atoms with van der Waals surface area (Å²) in [4.78, 5) is 25.7. The summed E-state index contributed by atoms with van der Waals surface area (Å²) in [6, 6.07) is -0.176. The minimum atomic E-state index is -0.566. The Morgan fingerprint density at radius 3 is 2.73 bits per heavy atom. The molecular formula is C20H24BrFN4O3S.